The molecule has 1 aliphatic heterocycles. The SMILES string of the molecule is O=P(Oc1ccccc1)(Oc1ccccc1)OC(c1ccccc1)C(F)(F)C1(F)OC(F)(F)C(F)(F)C1(F)F. The maximum absolute atomic E-state index is 15.6. The van der Waals surface area contributed by atoms with E-state index in [2.05, 4.69) is 4.74 Å². The van der Waals surface area contributed by atoms with Crippen LogP contribution in [0.2, 0.25) is 0 Å². The van der Waals surface area contributed by atoms with Crippen molar-refractivity contribution in [1.82, 2.24) is 0 Å². The lowest BCUT2D eigenvalue weighted by Crippen LogP contribution is -2.62. The molecule has 0 N–H and O–H groups in total. The summed E-state index contributed by atoms with van der Waals surface area (Å²) in [6.45, 7) is 0. The minimum absolute atomic E-state index is 0.331. The fourth-order valence-electron chi connectivity index (χ4n) is 3.51. The molecule has 210 valence electrons. The number of rotatable bonds is 9. The van der Waals surface area contributed by atoms with Crippen molar-refractivity contribution < 1.29 is 62.4 Å². The summed E-state index contributed by atoms with van der Waals surface area (Å²) in [6.07, 6.45) is -9.92. The van der Waals surface area contributed by atoms with Gasteiger partial charge in [-0.25, -0.2) is 4.57 Å². The van der Waals surface area contributed by atoms with Gasteiger partial charge in [0.2, 0.25) is 0 Å². The van der Waals surface area contributed by atoms with Crippen LogP contribution in [-0.4, -0.2) is 29.7 Å². The Bertz CT molecular complexity index is 1280. The summed E-state index contributed by atoms with van der Waals surface area (Å²) in [4.78, 5) is 0. The Morgan fingerprint density at radius 1 is 0.667 bits per heavy atom. The summed E-state index contributed by atoms with van der Waals surface area (Å²) >= 11 is 0. The first kappa shape index (κ1) is 28.8. The molecular formula is C24H16F9O5P. The van der Waals surface area contributed by atoms with E-state index in [4.69, 9.17) is 13.6 Å². The zero-order chi connectivity index (χ0) is 28.7. The Morgan fingerprint density at radius 3 is 1.46 bits per heavy atom. The van der Waals surface area contributed by atoms with Gasteiger partial charge in [-0.2, -0.15) is 39.5 Å². The molecule has 2 unspecified atom stereocenters. The fourth-order valence-corrected chi connectivity index (χ4v) is 4.91. The van der Waals surface area contributed by atoms with E-state index in [-0.39, 0.29) is 11.5 Å². The number of ether oxygens (including phenoxy) is 1. The van der Waals surface area contributed by atoms with Crippen LogP contribution in [0.5, 0.6) is 11.5 Å². The van der Waals surface area contributed by atoms with Crippen LogP contribution in [0.4, 0.5) is 39.5 Å². The van der Waals surface area contributed by atoms with Gasteiger partial charge in [0.1, 0.15) is 11.5 Å². The maximum Gasteiger partial charge on any atom is 0.588 e. The highest BCUT2D eigenvalue weighted by molar-refractivity contribution is 7.49. The molecule has 3 aromatic rings. The molecule has 0 radical (unpaired) electrons. The highest BCUT2D eigenvalue weighted by atomic mass is 31.2. The van der Waals surface area contributed by atoms with Crippen LogP contribution in [0.1, 0.15) is 11.7 Å². The highest BCUT2D eigenvalue weighted by Gasteiger charge is 2.95. The van der Waals surface area contributed by atoms with Crippen molar-refractivity contribution in [3.8, 4) is 11.5 Å². The summed E-state index contributed by atoms with van der Waals surface area (Å²) in [5.41, 5.74) is -0.953. The Morgan fingerprint density at radius 2 is 1.08 bits per heavy atom. The van der Waals surface area contributed by atoms with Crippen molar-refractivity contribution in [1.29, 1.82) is 0 Å². The Labute approximate surface area is 214 Å². The number of alkyl halides is 9. The van der Waals surface area contributed by atoms with Crippen molar-refractivity contribution in [2.75, 3.05) is 0 Å². The standard InChI is InChI=1S/C24H16F9O5P/c25-20(26,23(31)21(27,28)22(29,30)24(32,33)38-23)19(16-10-4-1-5-11-16)37-39(34,35-17-12-6-2-7-13-17)36-18-14-8-3-9-15-18/h1-15,19H. The number of halogens is 9. The zero-order valence-electron chi connectivity index (χ0n) is 19.1. The molecule has 0 spiro atoms. The average Bonchev–Trinajstić information content (AvgIpc) is 2.98. The number of para-hydroxylation sites is 2. The molecule has 1 heterocycles. The van der Waals surface area contributed by atoms with Crippen LogP contribution in [0.15, 0.2) is 91.0 Å². The molecule has 3 aromatic carbocycles. The molecule has 0 aromatic heterocycles. The predicted octanol–water partition coefficient (Wildman–Crippen LogP) is 8.21. The highest BCUT2D eigenvalue weighted by Crippen LogP contribution is 2.68. The van der Waals surface area contributed by atoms with E-state index in [9.17, 15) is 30.9 Å². The zero-order valence-corrected chi connectivity index (χ0v) is 20.0. The van der Waals surface area contributed by atoms with E-state index in [0.29, 0.717) is 0 Å². The Kier molecular flexibility index (Phi) is 7.20. The van der Waals surface area contributed by atoms with Crippen LogP contribution in [-0.2, 0) is 13.8 Å². The fraction of sp³-hybridized carbons (Fsp3) is 0.250. The third kappa shape index (κ3) is 4.85. The molecule has 1 saturated heterocycles. The summed E-state index contributed by atoms with van der Waals surface area (Å²) in [6, 6.07) is 17.7. The number of benzene rings is 3. The quantitative estimate of drug-likeness (QED) is 0.187. The number of phosphoric ester groups is 1. The van der Waals surface area contributed by atoms with Crippen molar-refractivity contribution >= 4 is 7.82 Å². The molecule has 39 heavy (non-hydrogen) atoms. The third-order valence-electron chi connectivity index (χ3n) is 5.45. The Hall–Kier alpha value is -3.22. The molecule has 2 atom stereocenters. The third-order valence-corrected chi connectivity index (χ3v) is 6.79. The van der Waals surface area contributed by atoms with E-state index in [0.717, 1.165) is 48.5 Å². The van der Waals surface area contributed by atoms with Gasteiger partial charge >= 0.3 is 37.6 Å². The summed E-state index contributed by atoms with van der Waals surface area (Å²) < 4.78 is 162. The van der Waals surface area contributed by atoms with Crippen molar-refractivity contribution in [3.63, 3.8) is 0 Å². The largest absolute Gasteiger partial charge is 0.588 e. The van der Waals surface area contributed by atoms with Crippen molar-refractivity contribution in [3.05, 3.63) is 96.6 Å². The van der Waals surface area contributed by atoms with Crippen LogP contribution in [0.25, 0.3) is 0 Å². The molecule has 4 rings (SSSR count). The molecule has 0 aliphatic carbocycles. The lowest BCUT2D eigenvalue weighted by Gasteiger charge is -2.37. The summed E-state index contributed by atoms with van der Waals surface area (Å²) in [7, 11) is -5.48. The first-order chi connectivity index (χ1) is 18.1. The lowest BCUT2D eigenvalue weighted by molar-refractivity contribution is -0.389. The van der Waals surface area contributed by atoms with Crippen molar-refractivity contribution in [2.45, 2.75) is 35.8 Å². The molecule has 1 fully saturated rings. The first-order valence-corrected chi connectivity index (χ1v) is 12.3. The lowest BCUT2D eigenvalue weighted by atomic mass is 9.92. The van der Waals surface area contributed by atoms with E-state index in [1.54, 1.807) is 0 Å². The second kappa shape index (κ2) is 9.76. The molecule has 0 bridgehead atoms. The molecule has 0 amide bonds. The van der Waals surface area contributed by atoms with E-state index in [1.807, 2.05) is 0 Å². The summed E-state index contributed by atoms with van der Waals surface area (Å²) in [5.74, 6) is -26.6. The smallest absolute Gasteiger partial charge is 0.395 e. The first-order valence-electron chi connectivity index (χ1n) is 10.8. The van der Waals surface area contributed by atoms with E-state index in [1.165, 1.54) is 42.5 Å². The number of phosphoric acid groups is 1. The van der Waals surface area contributed by atoms with Gasteiger partial charge in [0, 0.05) is 0 Å². The van der Waals surface area contributed by atoms with Gasteiger partial charge in [-0.3, -0.25) is 9.26 Å². The minimum atomic E-state index is -6.80. The Balaban J connectivity index is 1.84. The average molecular weight is 586 g/mol. The number of hydrogen-bond acceptors (Lipinski definition) is 5. The van der Waals surface area contributed by atoms with Gasteiger partial charge in [-0.15, -0.1) is 0 Å². The molecular weight excluding hydrogens is 570 g/mol. The van der Waals surface area contributed by atoms with Crippen LogP contribution < -0.4 is 9.05 Å². The van der Waals surface area contributed by atoms with E-state index >= 15 is 13.2 Å². The van der Waals surface area contributed by atoms with Gasteiger partial charge in [-0.05, 0) is 29.8 Å². The van der Waals surface area contributed by atoms with Crippen molar-refractivity contribution in [2.24, 2.45) is 0 Å². The van der Waals surface area contributed by atoms with Crippen LogP contribution in [0.3, 0.4) is 0 Å². The normalized spacial score (nSPS) is 22.7. The second-order valence-corrected chi connectivity index (χ2v) is 9.61. The molecule has 1 aliphatic rings. The van der Waals surface area contributed by atoms with Crippen LogP contribution >= 0.6 is 7.82 Å². The van der Waals surface area contributed by atoms with Gasteiger partial charge in [0.25, 0.3) is 0 Å². The number of hydrogen-bond donors (Lipinski definition) is 0. The van der Waals surface area contributed by atoms with Gasteiger partial charge in [0.05, 0.1) is 0 Å². The monoisotopic (exact) mass is 586 g/mol. The predicted molar refractivity (Wildman–Crippen MR) is 117 cm³/mol. The molecule has 5 nitrogen and oxygen atoms in total. The molecule has 15 heteroatoms. The second-order valence-electron chi connectivity index (χ2n) is 8.14. The van der Waals surface area contributed by atoms with Gasteiger partial charge < -0.3 is 9.05 Å². The topological polar surface area (TPSA) is 54.0 Å². The molecule has 0 saturated carbocycles. The summed E-state index contributed by atoms with van der Waals surface area (Å²) in [5, 5.41) is 0. The van der Waals surface area contributed by atoms with Gasteiger partial charge in [-0.1, -0.05) is 66.7 Å². The maximum atomic E-state index is 15.6. The van der Waals surface area contributed by atoms with E-state index < -0.39 is 49.2 Å². The van der Waals surface area contributed by atoms with Gasteiger partial charge in [0.15, 0.2) is 6.10 Å². The minimum Gasteiger partial charge on any atom is -0.395 e. The van der Waals surface area contributed by atoms with Crippen LogP contribution in [0, 0.1) is 0 Å².